The highest BCUT2D eigenvalue weighted by Crippen LogP contribution is 2.15. The van der Waals surface area contributed by atoms with Gasteiger partial charge in [-0.3, -0.25) is 0 Å². The molecule has 0 amide bonds. The summed E-state index contributed by atoms with van der Waals surface area (Å²) in [7, 11) is -1.25. The van der Waals surface area contributed by atoms with Crippen LogP contribution in [0, 0.1) is 17.4 Å². The Bertz CT molecular complexity index is 380. The second kappa shape index (κ2) is 17.8. The molecule has 0 unspecified atom stereocenters. The molecule has 160 valence electrons. The second-order valence-corrected chi connectivity index (χ2v) is 13.7. The summed E-state index contributed by atoms with van der Waals surface area (Å²) < 4.78 is 11.0. The molecule has 0 aliphatic carbocycles. The van der Waals surface area contributed by atoms with Crippen molar-refractivity contribution in [2.24, 2.45) is 5.92 Å². The second-order valence-electron chi connectivity index (χ2n) is 9.25. The molecule has 0 aromatic rings. The minimum Gasteiger partial charge on any atom is -0.379 e. The molecule has 0 atom stereocenters. The summed E-state index contributed by atoms with van der Waals surface area (Å²) in [5, 5.41) is 0. The fourth-order valence-corrected chi connectivity index (χ4v) is 6.22. The summed E-state index contributed by atoms with van der Waals surface area (Å²) in [5.41, 5.74) is 3.61. The van der Waals surface area contributed by atoms with Crippen LogP contribution in [-0.2, 0) is 9.47 Å². The lowest BCUT2D eigenvalue weighted by molar-refractivity contribution is 0.0186. The van der Waals surface area contributed by atoms with Crippen LogP contribution in [0.2, 0.25) is 19.1 Å². The smallest absolute Gasteiger partial charge is 0.132 e. The molecule has 0 heterocycles. The van der Waals surface area contributed by atoms with Crippen LogP contribution in [0.25, 0.3) is 0 Å². The Labute approximate surface area is 172 Å². The maximum atomic E-state index is 5.58. The van der Waals surface area contributed by atoms with Crippen molar-refractivity contribution in [2.75, 3.05) is 19.8 Å². The summed E-state index contributed by atoms with van der Waals surface area (Å²) in [6.45, 7) is 15.9. The molecule has 0 N–H and O–H groups in total. The molecule has 0 aliphatic heterocycles. The topological polar surface area (TPSA) is 18.5 Å². The predicted octanol–water partition coefficient (Wildman–Crippen LogP) is 7.24. The van der Waals surface area contributed by atoms with E-state index in [1.807, 2.05) is 0 Å². The van der Waals surface area contributed by atoms with Crippen LogP contribution in [-0.4, -0.2) is 34.0 Å². The lowest BCUT2D eigenvalue weighted by Gasteiger charge is -2.16. The summed E-state index contributed by atoms with van der Waals surface area (Å²) in [5.74, 6) is 4.26. The van der Waals surface area contributed by atoms with Crippen molar-refractivity contribution >= 4 is 8.07 Å². The summed E-state index contributed by atoms with van der Waals surface area (Å²) in [6.07, 6.45) is 13.5. The molecule has 0 aromatic carbocycles. The van der Waals surface area contributed by atoms with E-state index in [0.717, 1.165) is 32.2 Å². The van der Waals surface area contributed by atoms with E-state index in [9.17, 15) is 0 Å². The highest BCUT2D eigenvalue weighted by molar-refractivity contribution is 6.85. The molecule has 0 saturated heterocycles. The van der Waals surface area contributed by atoms with Gasteiger partial charge in [0.15, 0.2) is 0 Å². The minimum atomic E-state index is -1.25. The molecule has 0 aliphatic rings. The first kappa shape index (κ1) is 26.7. The van der Waals surface area contributed by atoms with E-state index >= 15 is 0 Å². The van der Waals surface area contributed by atoms with Crippen LogP contribution >= 0.6 is 0 Å². The van der Waals surface area contributed by atoms with Crippen molar-refractivity contribution in [1.29, 1.82) is 0 Å². The molecule has 0 spiro atoms. The van der Waals surface area contributed by atoms with E-state index in [2.05, 4.69) is 52.3 Å². The monoisotopic (exact) mass is 396 g/mol. The number of unbranched alkanes of at least 4 members (excludes halogenated alkanes) is 9. The number of hydrogen-bond acceptors (Lipinski definition) is 2. The van der Waals surface area contributed by atoms with Crippen LogP contribution in [0.1, 0.15) is 91.9 Å². The van der Waals surface area contributed by atoms with Crippen molar-refractivity contribution in [2.45, 2.75) is 117 Å². The third-order valence-corrected chi connectivity index (χ3v) is 7.31. The van der Waals surface area contributed by atoms with Crippen LogP contribution < -0.4 is 0 Å². The molecule has 27 heavy (non-hydrogen) atoms. The van der Waals surface area contributed by atoms with Gasteiger partial charge in [-0.1, -0.05) is 71.9 Å². The van der Waals surface area contributed by atoms with Crippen molar-refractivity contribution in [1.82, 2.24) is 0 Å². The number of ether oxygens (including phenoxy) is 2. The average Bonchev–Trinajstić information content (AvgIpc) is 2.56. The van der Waals surface area contributed by atoms with Crippen LogP contribution in [0.5, 0.6) is 0 Å². The van der Waals surface area contributed by atoms with Gasteiger partial charge in [0.1, 0.15) is 8.07 Å². The zero-order valence-electron chi connectivity index (χ0n) is 19.4. The molecule has 0 saturated carbocycles. The molecule has 0 rings (SSSR count). The molecule has 2 nitrogen and oxygen atoms in total. The Hall–Kier alpha value is -0.303. The van der Waals surface area contributed by atoms with Crippen LogP contribution in [0.4, 0.5) is 0 Å². The molecular weight excluding hydrogens is 348 g/mol. The van der Waals surface area contributed by atoms with Gasteiger partial charge in [-0.15, -0.1) is 11.5 Å². The van der Waals surface area contributed by atoms with Gasteiger partial charge in [0.2, 0.25) is 0 Å². The lowest BCUT2D eigenvalue weighted by atomic mass is 10.1. The van der Waals surface area contributed by atoms with Crippen molar-refractivity contribution in [3.63, 3.8) is 0 Å². The largest absolute Gasteiger partial charge is 0.379 e. The van der Waals surface area contributed by atoms with E-state index in [-0.39, 0.29) is 0 Å². The average molecular weight is 397 g/mol. The fraction of sp³-hybridized carbons (Fsp3) is 0.917. The van der Waals surface area contributed by atoms with Gasteiger partial charge in [0.25, 0.3) is 0 Å². The summed E-state index contributed by atoms with van der Waals surface area (Å²) in [6, 6.07) is 1.33. The van der Waals surface area contributed by atoms with Crippen LogP contribution in [0.15, 0.2) is 0 Å². The minimum absolute atomic E-state index is 0.310. The zero-order chi connectivity index (χ0) is 20.4. The third-order valence-electron chi connectivity index (χ3n) is 4.61. The molecule has 0 fully saturated rings. The first-order chi connectivity index (χ1) is 12.8. The Morgan fingerprint density at radius 3 is 1.81 bits per heavy atom. The Balaban J connectivity index is 3.28. The summed E-state index contributed by atoms with van der Waals surface area (Å²) >= 11 is 0. The number of hydrogen-bond donors (Lipinski definition) is 0. The Kier molecular flexibility index (Phi) is 17.6. The van der Waals surface area contributed by atoms with Gasteiger partial charge < -0.3 is 9.47 Å². The first-order valence-corrected chi connectivity index (χ1v) is 14.7. The van der Waals surface area contributed by atoms with Gasteiger partial charge >= 0.3 is 0 Å². The maximum absolute atomic E-state index is 5.58. The maximum Gasteiger partial charge on any atom is 0.132 e. The van der Waals surface area contributed by atoms with E-state index in [1.165, 1.54) is 63.8 Å². The number of rotatable bonds is 17. The molecular formula is C24H48O2Si. The van der Waals surface area contributed by atoms with Gasteiger partial charge in [0, 0.05) is 13.0 Å². The van der Waals surface area contributed by atoms with E-state index in [0.29, 0.717) is 6.10 Å². The predicted molar refractivity (Wildman–Crippen MR) is 123 cm³/mol. The standard InChI is InChI=1S/C24H48O2Si/c1-23(2)22-27(5,6)21-17-15-13-11-9-7-8-10-12-14-16-18-25-19-20-26-24(3)4/h23-24H,7-16,18-20,22H2,1-6H3. The molecule has 0 radical (unpaired) electrons. The molecule has 3 heteroatoms. The lowest BCUT2D eigenvalue weighted by Crippen LogP contribution is -2.25. The van der Waals surface area contributed by atoms with Gasteiger partial charge in [-0.05, 0) is 38.7 Å². The van der Waals surface area contributed by atoms with Gasteiger partial charge in [-0.2, -0.15) is 0 Å². The van der Waals surface area contributed by atoms with E-state index in [4.69, 9.17) is 9.47 Å². The molecule has 0 aromatic heterocycles. The van der Waals surface area contributed by atoms with Crippen LogP contribution in [0.3, 0.4) is 0 Å². The zero-order valence-corrected chi connectivity index (χ0v) is 20.4. The third kappa shape index (κ3) is 21.9. The van der Waals surface area contributed by atoms with Crippen molar-refractivity contribution in [3.05, 3.63) is 0 Å². The van der Waals surface area contributed by atoms with Gasteiger partial charge in [-0.25, -0.2) is 0 Å². The quantitative estimate of drug-likeness (QED) is 0.147. The Morgan fingerprint density at radius 2 is 1.26 bits per heavy atom. The highest BCUT2D eigenvalue weighted by Gasteiger charge is 2.18. The van der Waals surface area contributed by atoms with E-state index in [1.54, 1.807) is 0 Å². The summed E-state index contributed by atoms with van der Waals surface area (Å²) in [4.78, 5) is 0. The fourth-order valence-electron chi connectivity index (χ4n) is 3.47. The SMILES string of the molecule is CC(C)C[Si](C)(C)C#CCCCCCCCCCCCOCCOC(C)C. The van der Waals surface area contributed by atoms with Gasteiger partial charge in [0.05, 0.1) is 19.3 Å². The normalized spacial score (nSPS) is 11.9. The highest BCUT2D eigenvalue weighted by atomic mass is 28.3. The first-order valence-electron chi connectivity index (χ1n) is 11.5. The Morgan fingerprint density at radius 1 is 0.704 bits per heavy atom. The van der Waals surface area contributed by atoms with E-state index < -0.39 is 8.07 Å². The molecule has 0 bridgehead atoms. The van der Waals surface area contributed by atoms with Crippen molar-refractivity contribution < 1.29 is 9.47 Å². The van der Waals surface area contributed by atoms with Crippen molar-refractivity contribution in [3.8, 4) is 11.5 Å².